The summed E-state index contributed by atoms with van der Waals surface area (Å²) in [5, 5.41) is 3.78. The molecule has 0 aliphatic carbocycles. The molecule has 8 nitrogen and oxygen atoms in total. The Morgan fingerprint density at radius 1 is 1.18 bits per heavy atom. The minimum absolute atomic E-state index is 0.380. The van der Waals surface area contributed by atoms with E-state index >= 15 is 0 Å². The molecular formula is C19H18ClN3O5. The standard InChI is InChI=1S/C19H18ClN3O5/c1-19(12-4-3-5-15(10-12)27-2)17(25)23(18(26)21-19)22-16(24)11-28-14-8-6-13(20)7-9-14/h3-10H,11H2,1-2H3,(H,21,26)(H,22,24)/t19-/m1/s1. The van der Waals surface area contributed by atoms with Crippen LogP contribution in [-0.4, -0.2) is 36.6 Å². The van der Waals surface area contributed by atoms with Crippen LogP contribution in [0, 0.1) is 0 Å². The highest BCUT2D eigenvalue weighted by molar-refractivity contribution is 6.30. The first kappa shape index (κ1) is 19.5. The van der Waals surface area contributed by atoms with E-state index in [1.54, 1.807) is 55.5 Å². The Morgan fingerprint density at radius 3 is 2.57 bits per heavy atom. The molecule has 4 amide bonds. The Balaban J connectivity index is 1.67. The van der Waals surface area contributed by atoms with Crippen molar-refractivity contribution in [3.63, 3.8) is 0 Å². The molecule has 1 heterocycles. The molecule has 28 heavy (non-hydrogen) atoms. The van der Waals surface area contributed by atoms with Crippen LogP contribution in [0.25, 0.3) is 0 Å². The number of carbonyl (C=O) groups is 3. The fourth-order valence-corrected chi connectivity index (χ4v) is 2.83. The van der Waals surface area contributed by atoms with Gasteiger partial charge in [0.2, 0.25) is 0 Å². The molecule has 0 bridgehead atoms. The topological polar surface area (TPSA) is 97.0 Å². The average Bonchev–Trinajstić information content (AvgIpc) is 2.91. The summed E-state index contributed by atoms with van der Waals surface area (Å²) in [5.74, 6) is -0.309. The van der Waals surface area contributed by atoms with Gasteiger partial charge in [0.25, 0.3) is 11.8 Å². The van der Waals surface area contributed by atoms with Crippen LogP contribution in [0.5, 0.6) is 11.5 Å². The summed E-state index contributed by atoms with van der Waals surface area (Å²) >= 11 is 5.78. The monoisotopic (exact) mass is 403 g/mol. The number of benzene rings is 2. The van der Waals surface area contributed by atoms with Gasteiger partial charge >= 0.3 is 6.03 Å². The number of nitrogens with one attached hydrogen (secondary N) is 2. The van der Waals surface area contributed by atoms with E-state index in [9.17, 15) is 14.4 Å². The fourth-order valence-electron chi connectivity index (χ4n) is 2.71. The number of carbonyl (C=O) groups excluding carboxylic acids is 3. The molecule has 2 N–H and O–H groups in total. The molecule has 1 saturated heterocycles. The highest BCUT2D eigenvalue weighted by Gasteiger charge is 2.50. The molecule has 2 aromatic rings. The number of hydrogen-bond acceptors (Lipinski definition) is 5. The van der Waals surface area contributed by atoms with Crippen molar-refractivity contribution in [3.05, 3.63) is 59.1 Å². The summed E-state index contributed by atoms with van der Waals surface area (Å²) in [7, 11) is 1.50. The van der Waals surface area contributed by atoms with Gasteiger partial charge in [0.1, 0.15) is 17.0 Å². The Morgan fingerprint density at radius 2 is 1.89 bits per heavy atom. The van der Waals surface area contributed by atoms with Crippen molar-refractivity contribution in [1.82, 2.24) is 15.8 Å². The second-order valence-corrected chi connectivity index (χ2v) is 6.64. The van der Waals surface area contributed by atoms with E-state index in [2.05, 4.69) is 10.7 Å². The predicted octanol–water partition coefficient (Wildman–Crippen LogP) is 2.23. The normalized spacial score (nSPS) is 18.6. The molecule has 3 rings (SSSR count). The first-order valence-corrected chi connectivity index (χ1v) is 8.70. The molecule has 9 heteroatoms. The summed E-state index contributed by atoms with van der Waals surface area (Å²) in [6.07, 6.45) is 0. The molecule has 0 aromatic heterocycles. The quantitative estimate of drug-likeness (QED) is 0.721. The number of imide groups is 1. The summed E-state index contributed by atoms with van der Waals surface area (Å²) < 4.78 is 10.5. The maximum absolute atomic E-state index is 12.8. The number of amides is 4. The molecule has 1 aliphatic heterocycles. The van der Waals surface area contributed by atoms with Gasteiger partial charge in [-0.05, 0) is 48.9 Å². The van der Waals surface area contributed by atoms with Gasteiger partial charge in [-0.25, -0.2) is 4.79 Å². The molecule has 2 aromatic carbocycles. The zero-order chi connectivity index (χ0) is 20.3. The maximum atomic E-state index is 12.8. The molecule has 0 spiro atoms. The zero-order valence-electron chi connectivity index (χ0n) is 15.2. The Kier molecular flexibility index (Phi) is 5.41. The van der Waals surface area contributed by atoms with Crippen molar-refractivity contribution in [2.45, 2.75) is 12.5 Å². The van der Waals surface area contributed by atoms with Crippen molar-refractivity contribution in [2.75, 3.05) is 13.7 Å². The highest BCUT2D eigenvalue weighted by atomic mass is 35.5. The first-order chi connectivity index (χ1) is 13.3. The number of hydrogen-bond donors (Lipinski definition) is 2. The number of hydrazine groups is 1. The average molecular weight is 404 g/mol. The lowest BCUT2D eigenvalue weighted by Crippen LogP contribution is -2.49. The van der Waals surface area contributed by atoms with Gasteiger partial charge in [-0.2, -0.15) is 5.01 Å². The highest BCUT2D eigenvalue weighted by Crippen LogP contribution is 2.30. The van der Waals surface area contributed by atoms with E-state index in [4.69, 9.17) is 21.1 Å². The van der Waals surface area contributed by atoms with Crippen LogP contribution in [-0.2, 0) is 15.1 Å². The number of urea groups is 1. The van der Waals surface area contributed by atoms with Gasteiger partial charge in [-0.1, -0.05) is 23.7 Å². The number of halogens is 1. The van der Waals surface area contributed by atoms with Crippen LogP contribution >= 0.6 is 11.6 Å². The summed E-state index contributed by atoms with van der Waals surface area (Å²) in [4.78, 5) is 37.2. The van der Waals surface area contributed by atoms with Crippen molar-refractivity contribution < 1.29 is 23.9 Å². The van der Waals surface area contributed by atoms with Crippen molar-refractivity contribution in [2.24, 2.45) is 0 Å². The van der Waals surface area contributed by atoms with Crippen LogP contribution in [0.1, 0.15) is 12.5 Å². The largest absolute Gasteiger partial charge is 0.497 e. The third kappa shape index (κ3) is 3.86. The molecule has 0 unspecified atom stereocenters. The molecule has 1 aliphatic rings. The van der Waals surface area contributed by atoms with Gasteiger partial charge in [-0.3, -0.25) is 15.0 Å². The SMILES string of the molecule is COc1cccc([C@@]2(C)NC(=O)N(NC(=O)COc3ccc(Cl)cc3)C2=O)c1. The smallest absolute Gasteiger partial charge is 0.344 e. The molecule has 0 radical (unpaired) electrons. The summed E-state index contributed by atoms with van der Waals surface area (Å²) in [6.45, 7) is 1.17. The van der Waals surface area contributed by atoms with Crippen LogP contribution in [0.15, 0.2) is 48.5 Å². The third-order valence-corrected chi connectivity index (χ3v) is 4.51. The molecule has 0 saturated carbocycles. The van der Waals surface area contributed by atoms with E-state index < -0.39 is 23.4 Å². The number of rotatable bonds is 6. The van der Waals surface area contributed by atoms with Crippen LogP contribution < -0.4 is 20.2 Å². The van der Waals surface area contributed by atoms with Gasteiger partial charge in [0.15, 0.2) is 6.61 Å². The van der Waals surface area contributed by atoms with Crippen molar-refractivity contribution in [1.29, 1.82) is 0 Å². The second-order valence-electron chi connectivity index (χ2n) is 6.21. The number of ether oxygens (including phenoxy) is 2. The Hall–Kier alpha value is -3.26. The van der Waals surface area contributed by atoms with E-state index in [-0.39, 0.29) is 6.61 Å². The van der Waals surface area contributed by atoms with E-state index in [0.29, 0.717) is 27.1 Å². The summed E-state index contributed by atoms with van der Waals surface area (Å²) in [6, 6.07) is 12.5. The lowest BCUT2D eigenvalue weighted by atomic mass is 9.92. The zero-order valence-corrected chi connectivity index (χ0v) is 15.9. The second kappa shape index (κ2) is 7.77. The van der Waals surface area contributed by atoms with E-state index in [1.807, 2.05) is 0 Å². The fraction of sp³-hybridized carbons (Fsp3) is 0.211. The van der Waals surface area contributed by atoms with Gasteiger partial charge < -0.3 is 14.8 Å². The van der Waals surface area contributed by atoms with Crippen LogP contribution in [0.3, 0.4) is 0 Å². The predicted molar refractivity (Wildman–Crippen MR) is 101 cm³/mol. The summed E-state index contributed by atoms with van der Waals surface area (Å²) in [5.41, 5.74) is 1.45. The minimum atomic E-state index is -1.34. The Labute approximate surface area is 166 Å². The minimum Gasteiger partial charge on any atom is -0.497 e. The van der Waals surface area contributed by atoms with Crippen LogP contribution in [0.4, 0.5) is 4.79 Å². The van der Waals surface area contributed by atoms with Crippen molar-refractivity contribution in [3.8, 4) is 11.5 Å². The molecule has 1 atom stereocenters. The number of nitrogens with zero attached hydrogens (tertiary/aromatic N) is 1. The first-order valence-electron chi connectivity index (χ1n) is 8.32. The van der Waals surface area contributed by atoms with E-state index in [1.165, 1.54) is 7.11 Å². The van der Waals surface area contributed by atoms with Gasteiger partial charge in [0, 0.05) is 5.02 Å². The van der Waals surface area contributed by atoms with Crippen LogP contribution in [0.2, 0.25) is 5.02 Å². The molecular weight excluding hydrogens is 386 g/mol. The maximum Gasteiger partial charge on any atom is 0.344 e. The lowest BCUT2D eigenvalue weighted by molar-refractivity contribution is -0.139. The van der Waals surface area contributed by atoms with Crippen molar-refractivity contribution >= 4 is 29.4 Å². The lowest BCUT2D eigenvalue weighted by Gasteiger charge is -2.22. The van der Waals surface area contributed by atoms with Gasteiger partial charge in [-0.15, -0.1) is 0 Å². The Bertz CT molecular complexity index is 918. The molecule has 146 valence electrons. The van der Waals surface area contributed by atoms with Gasteiger partial charge in [0.05, 0.1) is 7.11 Å². The number of methoxy groups -OCH3 is 1. The molecule has 1 fully saturated rings. The van der Waals surface area contributed by atoms with E-state index in [0.717, 1.165) is 0 Å². The third-order valence-electron chi connectivity index (χ3n) is 4.26.